The summed E-state index contributed by atoms with van der Waals surface area (Å²) in [6.07, 6.45) is 4.10. The quantitative estimate of drug-likeness (QED) is 0.608. The fraction of sp³-hybridized carbons (Fsp3) is 0.263. The Hall–Kier alpha value is -2.97. The monoisotopic (exact) mass is 399 g/mol. The van der Waals surface area contributed by atoms with E-state index in [1.54, 1.807) is 12.1 Å². The molecule has 4 rings (SSSR count). The molecule has 0 saturated carbocycles. The van der Waals surface area contributed by atoms with Gasteiger partial charge in [0.05, 0.1) is 31.3 Å². The Bertz CT molecular complexity index is 1010. The second kappa shape index (κ2) is 7.95. The van der Waals surface area contributed by atoms with Gasteiger partial charge in [-0.3, -0.25) is 9.89 Å². The van der Waals surface area contributed by atoms with Gasteiger partial charge < -0.3 is 15.2 Å². The standard InChI is InChI=1S/C19H18ClN5O3/c20-13-1-2-14-11(3-4-28-17(14)6-13)5-19(27)23-18-7-16(24-25-18)15-9-22-21-8-12(15)10-26/h1-2,6-9,11,26H,3-5,10H2,(H2,23,24,25,27). The number of hydrogen-bond acceptors (Lipinski definition) is 6. The number of aromatic amines is 1. The molecule has 3 N–H and O–H groups in total. The zero-order chi connectivity index (χ0) is 19.5. The molecule has 0 bridgehead atoms. The average Bonchev–Trinajstić information content (AvgIpc) is 3.16. The number of nitrogens with one attached hydrogen (secondary N) is 2. The van der Waals surface area contributed by atoms with E-state index >= 15 is 0 Å². The number of ether oxygens (including phenoxy) is 1. The van der Waals surface area contributed by atoms with Gasteiger partial charge in [-0.2, -0.15) is 15.3 Å². The van der Waals surface area contributed by atoms with Gasteiger partial charge in [0, 0.05) is 28.6 Å². The van der Waals surface area contributed by atoms with Gasteiger partial charge in [0.15, 0.2) is 5.82 Å². The molecule has 1 aliphatic heterocycles. The summed E-state index contributed by atoms with van der Waals surface area (Å²) in [5, 5.41) is 27.4. The molecule has 0 fully saturated rings. The van der Waals surface area contributed by atoms with Crippen molar-refractivity contribution in [1.29, 1.82) is 0 Å². The molecule has 1 atom stereocenters. The van der Waals surface area contributed by atoms with E-state index in [1.165, 1.54) is 12.4 Å². The highest BCUT2D eigenvalue weighted by Crippen LogP contribution is 2.37. The number of halogens is 1. The molecule has 1 amide bonds. The maximum absolute atomic E-state index is 12.5. The highest BCUT2D eigenvalue weighted by atomic mass is 35.5. The number of anilines is 1. The third kappa shape index (κ3) is 3.83. The Morgan fingerprint density at radius 2 is 2.18 bits per heavy atom. The lowest BCUT2D eigenvalue weighted by Gasteiger charge is -2.25. The molecule has 1 aliphatic rings. The van der Waals surface area contributed by atoms with Crippen LogP contribution in [0.25, 0.3) is 11.3 Å². The molecule has 2 aromatic heterocycles. The minimum absolute atomic E-state index is 0.0600. The Balaban J connectivity index is 1.45. The number of amides is 1. The Morgan fingerprint density at radius 3 is 3.04 bits per heavy atom. The van der Waals surface area contributed by atoms with Crippen molar-refractivity contribution in [1.82, 2.24) is 20.4 Å². The van der Waals surface area contributed by atoms with Crippen LogP contribution in [-0.4, -0.2) is 38.0 Å². The fourth-order valence-corrected chi connectivity index (χ4v) is 3.47. The van der Waals surface area contributed by atoms with E-state index in [-0.39, 0.29) is 18.4 Å². The molecule has 0 saturated heterocycles. The first-order chi connectivity index (χ1) is 13.6. The van der Waals surface area contributed by atoms with Crippen molar-refractivity contribution in [2.24, 2.45) is 0 Å². The van der Waals surface area contributed by atoms with Gasteiger partial charge in [-0.05, 0) is 30.0 Å². The largest absolute Gasteiger partial charge is 0.493 e. The molecule has 0 aliphatic carbocycles. The third-order valence-corrected chi connectivity index (χ3v) is 4.93. The van der Waals surface area contributed by atoms with E-state index in [0.717, 1.165) is 17.7 Å². The Labute approximate surface area is 165 Å². The molecule has 0 spiro atoms. The number of aliphatic hydroxyl groups is 1. The van der Waals surface area contributed by atoms with Gasteiger partial charge in [-0.15, -0.1) is 0 Å². The predicted molar refractivity (Wildman–Crippen MR) is 103 cm³/mol. The molecule has 28 heavy (non-hydrogen) atoms. The molecule has 144 valence electrons. The number of fused-ring (bicyclic) bond motifs is 1. The summed E-state index contributed by atoms with van der Waals surface area (Å²) < 4.78 is 5.64. The van der Waals surface area contributed by atoms with Crippen LogP contribution in [0, 0.1) is 0 Å². The fourth-order valence-electron chi connectivity index (χ4n) is 3.31. The third-order valence-electron chi connectivity index (χ3n) is 4.69. The molecule has 3 aromatic rings. The van der Waals surface area contributed by atoms with Crippen LogP contribution in [0.4, 0.5) is 5.82 Å². The van der Waals surface area contributed by atoms with Gasteiger partial charge >= 0.3 is 0 Å². The first kappa shape index (κ1) is 18.4. The molecule has 0 radical (unpaired) electrons. The van der Waals surface area contributed by atoms with Crippen LogP contribution in [-0.2, 0) is 11.4 Å². The summed E-state index contributed by atoms with van der Waals surface area (Å²) in [7, 11) is 0. The molecule has 1 unspecified atom stereocenters. The van der Waals surface area contributed by atoms with Crippen molar-refractivity contribution < 1.29 is 14.6 Å². The Morgan fingerprint density at radius 1 is 1.32 bits per heavy atom. The summed E-state index contributed by atoms with van der Waals surface area (Å²) in [5.74, 6) is 1.07. The lowest BCUT2D eigenvalue weighted by atomic mass is 9.90. The second-order valence-corrected chi connectivity index (χ2v) is 6.96. The van der Waals surface area contributed by atoms with Crippen molar-refractivity contribution in [3.05, 3.63) is 52.8 Å². The van der Waals surface area contributed by atoms with Crippen molar-refractivity contribution in [3.63, 3.8) is 0 Å². The number of aromatic nitrogens is 4. The highest BCUT2D eigenvalue weighted by Gasteiger charge is 2.24. The minimum Gasteiger partial charge on any atom is -0.493 e. The number of aliphatic hydroxyl groups excluding tert-OH is 1. The summed E-state index contributed by atoms with van der Waals surface area (Å²) in [4.78, 5) is 12.5. The number of carbonyl (C=O) groups is 1. The number of hydrogen-bond donors (Lipinski definition) is 3. The molecule has 8 nitrogen and oxygen atoms in total. The van der Waals surface area contributed by atoms with Crippen molar-refractivity contribution in [2.45, 2.75) is 25.4 Å². The second-order valence-electron chi connectivity index (χ2n) is 6.52. The van der Waals surface area contributed by atoms with E-state index in [1.807, 2.05) is 12.1 Å². The summed E-state index contributed by atoms with van der Waals surface area (Å²) in [6.45, 7) is 0.384. The zero-order valence-electron chi connectivity index (χ0n) is 14.9. The molecule has 3 heterocycles. The first-order valence-electron chi connectivity index (χ1n) is 8.82. The van der Waals surface area contributed by atoms with Crippen molar-refractivity contribution in [3.8, 4) is 17.0 Å². The van der Waals surface area contributed by atoms with Crippen LogP contribution in [0.15, 0.2) is 36.7 Å². The first-order valence-corrected chi connectivity index (χ1v) is 9.20. The topological polar surface area (TPSA) is 113 Å². The summed E-state index contributed by atoms with van der Waals surface area (Å²) in [5.41, 5.74) is 2.93. The lowest BCUT2D eigenvalue weighted by Crippen LogP contribution is -2.20. The molecular weight excluding hydrogens is 382 g/mol. The highest BCUT2D eigenvalue weighted by molar-refractivity contribution is 6.30. The van der Waals surface area contributed by atoms with Gasteiger partial charge in [0.25, 0.3) is 0 Å². The molecule has 9 heteroatoms. The van der Waals surface area contributed by atoms with Crippen molar-refractivity contribution >= 4 is 23.3 Å². The van der Waals surface area contributed by atoms with E-state index in [9.17, 15) is 9.90 Å². The van der Waals surface area contributed by atoms with E-state index < -0.39 is 0 Å². The van der Waals surface area contributed by atoms with E-state index in [4.69, 9.17) is 16.3 Å². The predicted octanol–water partition coefficient (Wildman–Crippen LogP) is 2.91. The average molecular weight is 400 g/mol. The molecule has 1 aromatic carbocycles. The zero-order valence-corrected chi connectivity index (χ0v) is 15.6. The van der Waals surface area contributed by atoms with E-state index in [2.05, 4.69) is 25.7 Å². The lowest BCUT2D eigenvalue weighted by molar-refractivity contribution is -0.116. The van der Waals surface area contributed by atoms with Crippen LogP contribution in [0.1, 0.15) is 29.9 Å². The summed E-state index contributed by atoms with van der Waals surface area (Å²) >= 11 is 6.02. The van der Waals surface area contributed by atoms with Crippen LogP contribution < -0.4 is 10.1 Å². The van der Waals surface area contributed by atoms with Crippen molar-refractivity contribution in [2.75, 3.05) is 11.9 Å². The van der Waals surface area contributed by atoms with Gasteiger partial charge in [-0.1, -0.05) is 17.7 Å². The number of carbonyl (C=O) groups excluding carboxylic acids is 1. The van der Waals surface area contributed by atoms with Gasteiger partial charge in [-0.25, -0.2) is 0 Å². The SMILES string of the molecule is O=C(CC1CCOc2cc(Cl)ccc21)Nc1cc(-c2cnncc2CO)[nH]n1. The van der Waals surface area contributed by atoms with E-state index in [0.29, 0.717) is 40.7 Å². The van der Waals surface area contributed by atoms with Crippen LogP contribution in [0.2, 0.25) is 5.02 Å². The maximum Gasteiger partial charge on any atom is 0.226 e. The smallest absolute Gasteiger partial charge is 0.226 e. The van der Waals surface area contributed by atoms with Gasteiger partial charge in [0.2, 0.25) is 5.91 Å². The normalized spacial score (nSPS) is 15.6. The number of benzene rings is 1. The Kier molecular flexibility index (Phi) is 5.23. The van der Waals surface area contributed by atoms with Crippen LogP contribution in [0.5, 0.6) is 5.75 Å². The van der Waals surface area contributed by atoms with Crippen LogP contribution in [0.3, 0.4) is 0 Å². The van der Waals surface area contributed by atoms with Gasteiger partial charge in [0.1, 0.15) is 5.75 Å². The maximum atomic E-state index is 12.5. The minimum atomic E-state index is -0.168. The number of nitrogens with zero attached hydrogens (tertiary/aromatic N) is 3. The number of H-pyrrole nitrogens is 1. The van der Waals surface area contributed by atoms with Crippen LogP contribution >= 0.6 is 11.6 Å². The summed E-state index contributed by atoms with van der Waals surface area (Å²) in [6, 6.07) is 7.20. The number of rotatable bonds is 5. The molecular formula is C19H18ClN5O3.